The number of hydrogen-bond donors (Lipinski definition) is 3. The van der Waals surface area contributed by atoms with E-state index in [1.54, 1.807) is 18.2 Å². The molecule has 4 N–H and O–H groups in total. The van der Waals surface area contributed by atoms with Crippen molar-refractivity contribution in [3.63, 3.8) is 0 Å². The zero-order valence-electron chi connectivity index (χ0n) is 23.7. The smallest absolute Gasteiger partial charge is 0.259 e. The number of ether oxygens (including phenoxy) is 2. The fourth-order valence-electron chi connectivity index (χ4n) is 5.01. The molecule has 0 fully saturated rings. The van der Waals surface area contributed by atoms with Crippen molar-refractivity contribution in [2.24, 2.45) is 16.0 Å². The number of aromatic hydroxyl groups is 1. The van der Waals surface area contributed by atoms with Crippen LogP contribution in [0.25, 0.3) is 10.8 Å². The first-order valence-corrected chi connectivity index (χ1v) is 13.9. The summed E-state index contributed by atoms with van der Waals surface area (Å²) in [5.74, 6) is -0.161. The van der Waals surface area contributed by atoms with E-state index in [4.69, 9.17) is 26.8 Å². The number of halogens is 1. The Hall–Kier alpha value is -4.14. The van der Waals surface area contributed by atoms with Gasteiger partial charge in [-0.25, -0.2) is 0 Å². The number of phenols is 1. The number of carbonyl (C=O) groups excluding carboxylic acids is 1. The van der Waals surface area contributed by atoms with Gasteiger partial charge in [0.1, 0.15) is 17.2 Å². The summed E-state index contributed by atoms with van der Waals surface area (Å²) in [5.41, 5.74) is 8.54. The zero-order valence-corrected chi connectivity index (χ0v) is 24.5. The van der Waals surface area contributed by atoms with Crippen molar-refractivity contribution in [1.29, 1.82) is 0 Å². The molecular formula is C32H35ClN4O4. The molecule has 0 atom stereocenters. The Kier molecular flexibility index (Phi) is 9.47. The molecule has 4 rings (SSSR count). The summed E-state index contributed by atoms with van der Waals surface area (Å²) in [6.45, 7) is 4.27. The molecule has 0 unspecified atom stereocenters. The van der Waals surface area contributed by atoms with Gasteiger partial charge in [0.15, 0.2) is 5.75 Å². The predicted molar refractivity (Wildman–Crippen MR) is 164 cm³/mol. The van der Waals surface area contributed by atoms with Gasteiger partial charge >= 0.3 is 0 Å². The number of nitrogens with two attached hydrogens (primary N) is 1. The van der Waals surface area contributed by atoms with Crippen molar-refractivity contribution in [2.45, 2.75) is 45.1 Å². The lowest BCUT2D eigenvalue weighted by molar-refractivity contribution is 0.102. The number of amides is 1. The van der Waals surface area contributed by atoms with E-state index in [2.05, 4.69) is 29.4 Å². The summed E-state index contributed by atoms with van der Waals surface area (Å²) in [6, 6.07) is 19.7. The normalized spacial score (nSPS) is 11.7. The van der Waals surface area contributed by atoms with Gasteiger partial charge in [0.05, 0.1) is 36.2 Å². The van der Waals surface area contributed by atoms with E-state index in [-0.39, 0.29) is 22.5 Å². The Morgan fingerprint density at radius 1 is 0.951 bits per heavy atom. The second-order valence-electron chi connectivity index (χ2n) is 9.89. The summed E-state index contributed by atoms with van der Waals surface area (Å²) in [4.78, 5) is 13.4. The number of fused-ring (bicyclic) bond motifs is 1. The van der Waals surface area contributed by atoms with E-state index in [1.807, 2.05) is 48.5 Å². The maximum absolute atomic E-state index is 13.4. The van der Waals surface area contributed by atoms with Crippen LogP contribution in [0.3, 0.4) is 0 Å². The van der Waals surface area contributed by atoms with Crippen LogP contribution in [-0.2, 0) is 5.54 Å². The molecule has 1 amide bonds. The highest BCUT2D eigenvalue weighted by atomic mass is 35.5. The first-order valence-electron chi connectivity index (χ1n) is 13.5. The Morgan fingerprint density at radius 3 is 2.24 bits per heavy atom. The van der Waals surface area contributed by atoms with E-state index in [0.29, 0.717) is 38.7 Å². The average molecular weight is 575 g/mol. The van der Waals surface area contributed by atoms with Crippen LogP contribution in [0, 0.1) is 0 Å². The maximum Gasteiger partial charge on any atom is 0.259 e. The highest BCUT2D eigenvalue weighted by Gasteiger charge is 2.25. The van der Waals surface area contributed by atoms with Gasteiger partial charge in [0.2, 0.25) is 0 Å². The van der Waals surface area contributed by atoms with Gasteiger partial charge in [-0.1, -0.05) is 74.7 Å². The van der Waals surface area contributed by atoms with E-state index in [0.717, 1.165) is 31.2 Å². The number of methoxy groups -OCH3 is 2. The minimum atomic E-state index is -0.567. The number of nitrogens with one attached hydrogen (secondary N) is 1. The van der Waals surface area contributed by atoms with Crippen LogP contribution in [0.15, 0.2) is 77.0 Å². The van der Waals surface area contributed by atoms with Crippen molar-refractivity contribution in [1.82, 2.24) is 0 Å². The number of anilines is 1. The number of benzene rings is 4. The number of hydrogen-bond acceptors (Lipinski definition) is 7. The highest BCUT2D eigenvalue weighted by Crippen LogP contribution is 2.41. The number of nitrogens with zero attached hydrogens (tertiary/aromatic N) is 2. The molecule has 0 radical (unpaired) electrons. The van der Waals surface area contributed by atoms with Gasteiger partial charge in [0.25, 0.3) is 5.91 Å². The summed E-state index contributed by atoms with van der Waals surface area (Å²) in [5, 5.41) is 24.5. The van der Waals surface area contributed by atoms with Crippen LogP contribution in [0.5, 0.6) is 17.2 Å². The minimum absolute atomic E-state index is 0.0241. The summed E-state index contributed by atoms with van der Waals surface area (Å²) >= 11 is 6.20. The van der Waals surface area contributed by atoms with Crippen LogP contribution in [0.1, 0.15) is 55.5 Å². The third-order valence-corrected chi connectivity index (χ3v) is 7.36. The SMILES string of the molecule is CCCC(N)(CCC)c1ccc(N=Nc2c(O)c(C(=O)Nc3cc(OC)c(Cl)cc3OC)cc3ccccc23)cc1. The number of phenolic OH excluding ortho intramolecular Hbond substituents is 1. The maximum atomic E-state index is 13.4. The topological polar surface area (TPSA) is 119 Å². The van der Waals surface area contributed by atoms with E-state index < -0.39 is 5.91 Å². The lowest BCUT2D eigenvalue weighted by Gasteiger charge is -2.29. The van der Waals surface area contributed by atoms with Crippen molar-refractivity contribution >= 4 is 45.3 Å². The summed E-state index contributed by atoms with van der Waals surface area (Å²) < 4.78 is 10.6. The van der Waals surface area contributed by atoms with Gasteiger partial charge in [-0.15, -0.1) is 5.11 Å². The molecule has 0 bridgehead atoms. The van der Waals surface area contributed by atoms with Crippen LogP contribution >= 0.6 is 11.6 Å². The molecule has 0 aliphatic heterocycles. The molecule has 0 saturated heterocycles. The largest absolute Gasteiger partial charge is 0.505 e. The van der Waals surface area contributed by atoms with Crippen LogP contribution < -0.4 is 20.5 Å². The minimum Gasteiger partial charge on any atom is -0.505 e. The number of carbonyl (C=O) groups is 1. The Balaban J connectivity index is 1.70. The molecule has 0 aliphatic rings. The lowest BCUT2D eigenvalue weighted by Crippen LogP contribution is -2.36. The molecule has 0 heterocycles. The molecular weight excluding hydrogens is 540 g/mol. The van der Waals surface area contributed by atoms with Crippen LogP contribution in [0.2, 0.25) is 5.02 Å². The molecule has 9 heteroatoms. The van der Waals surface area contributed by atoms with Crippen LogP contribution in [-0.4, -0.2) is 25.2 Å². The van der Waals surface area contributed by atoms with Crippen LogP contribution in [0.4, 0.5) is 17.1 Å². The van der Waals surface area contributed by atoms with Crippen molar-refractivity contribution in [2.75, 3.05) is 19.5 Å². The predicted octanol–water partition coefficient (Wildman–Crippen LogP) is 8.64. The molecule has 4 aromatic carbocycles. The number of azo groups is 1. The fourth-order valence-corrected chi connectivity index (χ4v) is 5.24. The van der Waals surface area contributed by atoms with E-state index in [1.165, 1.54) is 14.2 Å². The van der Waals surface area contributed by atoms with Gasteiger partial charge in [-0.3, -0.25) is 4.79 Å². The Morgan fingerprint density at radius 2 is 1.61 bits per heavy atom. The zero-order chi connectivity index (χ0) is 29.6. The van der Waals surface area contributed by atoms with Gasteiger partial charge < -0.3 is 25.6 Å². The summed E-state index contributed by atoms with van der Waals surface area (Å²) in [6.07, 6.45) is 3.77. The Bertz CT molecular complexity index is 1560. The third kappa shape index (κ3) is 6.45. The molecule has 0 spiro atoms. The number of rotatable bonds is 11. The van der Waals surface area contributed by atoms with Gasteiger partial charge in [0, 0.05) is 23.1 Å². The fraction of sp³-hybridized carbons (Fsp3) is 0.281. The highest BCUT2D eigenvalue weighted by molar-refractivity contribution is 6.32. The monoisotopic (exact) mass is 574 g/mol. The van der Waals surface area contributed by atoms with Gasteiger partial charge in [-0.05, 0) is 42.0 Å². The summed E-state index contributed by atoms with van der Waals surface area (Å²) in [7, 11) is 2.94. The first-order chi connectivity index (χ1) is 19.7. The molecule has 0 saturated carbocycles. The van der Waals surface area contributed by atoms with Crippen molar-refractivity contribution in [3.8, 4) is 17.2 Å². The van der Waals surface area contributed by atoms with Crippen molar-refractivity contribution in [3.05, 3.63) is 82.9 Å². The Labute approximate surface area is 245 Å². The average Bonchev–Trinajstić information content (AvgIpc) is 2.97. The lowest BCUT2D eigenvalue weighted by atomic mass is 9.83. The van der Waals surface area contributed by atoms with E-state index in [9.17, 15) is 9.90 Å². The first kappa shape index (κ1) is 29.8. The third-order valence-electron chi connectivity index (χ3n) is 7.06. The second-order valence-corrected chi connectivity index (χ2v) is 10.3. The molecule has 0 aromatic heterocycles. The van der Waals surface area contributed by atoms with E-state index >= 15 is 0 Å². The van der Waals surface area contributed by atoms with Gasteiger partial charge in [-0.2, -0.15) is 5.11 Å². The molecule has 4 aromatic rings. The quantitative estimate of drug-likeness (QED) is 0.155. The molecule has 214 valence electrons. The second kappa shape index (κ2) is 13.0. The standard InChI is InChI=1S/C32H35ClN4O4/c1-5-15-32(34,16-6-2)21-11-13-22(14-12-21)36-37-29-23-10-8-7-9-20(23)17-24(30(29)38)31(39)35-26-19-27(40-3)25(33)18-28(26)41-4/h7-14,17-19,38H,5-6,15-16,34H2,1-4H3,(H,35,39). The molecule has 8 nitrogen and oxygen atoms in total. The molecule has 0 aliphatic carbocycles. The van der Waals surface area contributed by atoms with Crippen molar-refractivity contribution < 1.29 is 19.4 Å². The molecule has 41 heavy (non-hydrogen) atoms.